The predicted octanol–water partition coefficient (Wildman–Crippen LogP) is 4.21. The summed E-state index contributed by atoms with van der Waals surface area (Å²) >= 11 is 0. The zero-order valence-electron chi connectivity index (χ0n) is 14.5. The molecule has 25 heavy (non-hydrogen) atoms. The van der Waals surface area contributed by atoms with Crippen LogP contribution >= 0.6 is 0 Å². The number of hydrogen-bond acceptors (Lipinski definition) is 2. The first-order valence-electron chi connectivity index (χ1n) is 8.94. The molecule has 4 nitrogen and oxygen atoms in total. The summed E-state index contributed by atoms with van der Waals surface area (Å²) in [7, 11) is 0. The summed E-state index contributed by atoms with van der Waals surface area (Å²) < 4.78 is 2.05. The number of aromatic nitrogens is 2. The van der Waals surface area contributed by atoms with Gasteiger partial charge in [-0.1, -0.05) is 18.2 Å². The predicted molar refractivity (Wildman–Crippen MR) is 98.0 cm³/mol. The molecule has 0 spiro atoms. The Morgan fingerprint density at radius 2 is 2.00 bits per heavy atom. The van der Waals surface area contributed by atoms with Crippen molar-refractivity contribution in [2.75, 3.05) is 0 Å². The van der Waals surface area contributed by atoms with Crippen LogP contribution in [0.3, 0.4) is 0 Å². The third-order valence-electron chi connectivity index (χ3n) is 5.14. The monoisotopic (exact) mass is 334 g/mol. The number of carboxylic acid groups (broad SMARTS) is 1. The summed E-state index contributed by atoms with van der Waals surface area (Å²) in [6, 6.07) is 10.7. The van der Waals surface area contributed by atoms with Crippen LogP contribution in [0.1, 0.15) is 41.6 Å². The van der Waals surface area contributed by atoms with E-state index >= 15 is 0 Å². The Kier molecular flexibility index (Phi) is 4.04. The maximum absolute atomic E-state index is 11.1. The SMILES string of the molecule is Cc1cccn2c(CCC(=O)O)c(-c3ccc4c(c3)CCCC4)nc12. The number of rotatable bonds is 4. The van der Waals surface area contributed by atoms with Crippen LogP contribution in [0.4, 0.5) is 0 Å². The van der Waals surface area contributed by atoms with Crippen LogP contribution in [-0.2, 0) is 24.1 Å². The highest BCUT2D eigenvalue weighted by Gasteiger charge is 2.18. The number of nitrogens with zero attached hydrogens (tertiary/aromatic N) is 2. The van der Waals surface area contributed by atoms with Gasteiger partial charge in [-0.25, -0.2) is 4.98 Å². The van der Waals surface area contributed by atoms with Gasteiger partial charge in [0.1, 0.15) is 5.65 Å². The third-order valence-corrected chi connectivity index (χ3v) is 5.14. The number of carbonyl (C=O) groups is 1. The van der Waals surface area contributed by atoms with E-state index in [0.717, 1.165) is 41.0 Å². The van der Waals surface area contributed by atoms with Gasteiger partial charge in [0.25, 0.3) is 0 Å². The minimum Gasteiger partial charge on any atom is -0.481 e. The second-order valence-corrected chi connectivity index (χ2v) is 6.88. The van der Waals surface area contributed by atoms with Crippen LogP contribution in [0.5, 0.6) is 0 Å². The molecular weight excluding hydrogens is 312 g/mol. The van der Waals surface area contributed by atoms with Gasteiger partial charge in [0.2, 0.25) is 0 Å². The minimum atomic E-state index is -0.779. The molecule has 1 N–H and O–H groups in total. The lowest BCUT2D eigenvalue weighted by molar-refractivity contribution is -0.136. The van der Waals surface area contributed by atoms with Crippen LogP contribution < -0.4 is 0 Å². The maximum atomic E-state index is 11.1. The van der Waals surface area contributed by atoms with Gasteiger partial charge in [-0.2, -0.15) is 0 Å². The molecule has 0 radical (unpaired) electrons. The molecule has 0 saturated heterocycles. The van der Waals surface area contributed by atoms with Gasteiger partial charge in [0.05, 0.1) is 17.8 Å². The average molecular weight is 334 g/mol. The van der Waals surface area contributed by atoms with Crippen LogP contribution in [-0.4, -0.2) is 20.5 Å². The summed E-state index contributed by atoms with van der Waals surface area (Å²) in [6.45, 7) is 2.04. The molecule has 128 valence electrons. The van der Waals surface area contributed by atoms with Crippen molar-refractivity contribution in [1.29, 1.82) is 0 Å². The lowest BCUT2D eigenvalue weighted by atomic mass is 9.89. The highest BCUT2D eigenvalue weighted by molar-refractivity contribution is 5.71. The molecular formula is C21H22N2O2. The van der Waals surface area contributed by atoms with Gasteiger partial charge in [-0.15, -0.1) is 0 Å². The second-order valence-electron chi connectivity index (χ2n) is 6.88. The summed E-state index contributed by atoms with van der Waals surface area (Å²) in [5.74, 6) is -0.779. The van der Waals surface area contributed by atoms with Crippen molar-refractivity contribution in [3.63, 3.8) is 0 Å². The van der Waals surface area contributed by atoms with E-state index in [2.05, 4.69) is 18.2 Å². The average Bonchev–Trinajstić information content (AvgIpc) is 2.99. The molecule has 1 aliphatic carbocycles. The number of aryl methyl sites for hydroxylation is 4. The number of hydrogen-bond donors (Lipinski definition) is 1. The maximum Gasteiger partial charge on any atom is 0.303 e. The fourth-order valence-corrected chi connectivity index (χ4v) is 3.83. The highest BCUT2D eigenvalue weighted by atomic mass is 16.4. The third kappa shape index (κ3) is 2.93. The van der Waals surface area contributed by atoms with Crippen molar-refractivity contribution in [2.45, 2.75) is 45.4 Å². The van der Waals surface area contributed by atoms with E-state index in [1.165, 1.54) is 24.0 Å². The molecule has 0 amide bonds. The first-order chi connectivity index (χ1) is 12.1. The molecule has 2 aromatic heterocycles. The summed E-state index contributed by atoms with van der Waals surface area (Å²) in [4.78, 5) is 16.0. The molecule has 0 fully saturated rings. The van der Waals surface area contributed by atoms with Crippen LogP contribution in [0.25, 0.3) is 16.9 Å². The van der Waals surface area contributed by atoms with E-state index in [4.69, 9.17) is 10.1 Å². The Balaban J connectivity index is 1.86. The normalized spacial score (nSPS) is 13.8. The molecule has 0 bridgehead atoms. The zero-order chi connectivity index (χ0) is 17.4. The van der Waals surface area contributed by atoms with Crippen molar-refractivity contribution >= 4 is 11.6 Å². The van der Waals surface area contributed by atoms with E-state index in [1.54, 1.807) is 0 Å². The Hall–Kier alpha value is -2.62. The molecule has 4 heteroatoms. The van der Waals surface area contributed by atoms with Crippen LogP contribution in [0.2, 0.25) is 0 Å². The molecule has 0 atom stereocenters. The van der Waals surface area contributed by atoms with Crippen LogP contribution in [0, 0.1) is 6.92 Å². The number of pyridine rings is 1. The Morgan fingerprint density at radius 1 is 1.20 bits per heavy atom. The van der Waals surface area contributed by atoms with Crippen LogP contribution in [0.15, 0.2) is 36.5 Å². The van der Waals surface area contributed by atoms with E-state index in [9.17, 15) is 4.79 Å². The number of carboxylic acids is 1. The van der Waals surface area contributed by atoms with E-state index in [0.29, 0.717) is 6.42 Å². The molecule has 4 rings (SSSR count). The van der Waals surface area contributed by atoms with Crippen molar-refractivity contribution in [3.8, 4) is 11.3 Å². The van der Waals surface area contributed by atoms with Crippen molar-refractivity contribution < 1.29 is 9.90 Å². The fraction of sp³-hybridized carbons (Fsp3) is 0.333. The molecule has 0 saturated carbocycles. The second kappa shape index (κ2) is 6.36. The first-order valence-corrected chi connectivity index (χ1v) is 8.94. The van der Waals surface area contributed by atoms with Gasteiger partial charge in [-0.05, 0) is 61.4 Å². The number of fused-ring (bicyclic) bond motifs is 2. The molecule has 1 aromatic carbocycles. The van der Waals surface area contributed by atoms with E-state index < -0.39 is 5.97 Å². The van der Waals surface area contributed by atoms with Gasteiger partial charge in [-0.3, -0.25) is 4.79 Å². The van der Waals surface area contributed by atoms with Gasteiger partial charge >= 0.3 is 5.97 Å². The lowest BCUT2D eigenvalue weighted by Gasteiger charge is -2.16. The zero-order valence-corrected chi connectivity index (χ0v) is 14.5. The molecule has 0 unspecified atom stereocenters. The molecule has 0 aliphatic heterocycles. The first kappa shape index (κ1) is 15.9. The van der Waals surface area contributed by atoms with Gasteiger partial charge in [0.15, 0.2) is 0 Å². The summed E-state index contributed by atoms with van der Waals surface area (Å²) in [6.07, 6.45) is 7.36. The number of imidazole rings is 1. The van der Waals surface area contributed by atoms with Crippen molar-refractivity contribution in [1.82, 2.24) is 9.38 Å². The van der Waals surface area contributed by atoms with Gasteiger partial charge in [0, 0.05) is 18.2 Å². The lowest BCUT2D eigenvalue weighted by Crippen LogP contribution is -2.04. The van der Waals surface area contributed by atoms with E-state index in [-0.39, 0.29) is 6.42 Å². The summed E-state index contributed by atoms with van der Waals surface area (Å²) in [5, 5.41) is 9.13. The summed E-state index contributed by atoms with van der Waals surface area (Å²) in [5.41, 5.74) is 7.88. The smallest absolute Gasteiger partial charge is 0.303 e. The number of aliphatic carboxylic acids is 1. The fourth-order valence-electron chi connectivity index (χ4n) is 3.83. The largest absolute Gasteiger partial charge is 0.481 e. The standard InChI is InChI=1S/C21H22N2O2/c1-14-5-4-12-23-18(10-11-19(24)25)20(22-21(14)23)17-9-8-15-6-2-3-7-16(15)13-17/h4-5,8-9,12-13H,2-3,6-7,10-11H2,1H3,(H,24,25). The van der Waals surface area contributed by atoms with Crippen molar-refractivity contribution in [3.05, 3.63) is 58.9 Å². The Morgan fingerprint density at radius 3 is 2.80 bits per heavy atom. The minimum absolute atomic E-state index is 0.111. The number of benzene rings is 1. The molecule has 1 aliphatic rings. The van der Waals surface area contributed by atoms with Crippen molar-refractivity contribution in [2.24, 2.45) is 0 Å². The highest BCUT2D eigenvalue weighted by Crippen LogP contribution is 2.31. The molecule has 3 aromatic rings. The van der Waals surface area contributed by atoms with E-state index in [1.807, 2.05) is 29.7 Å². The Labute approximate surface area is 147 Å². The Bertz CT molecular complexity index is 956. The van der Waals surface area contributed by atoms with Gasteiger partial charge < -0.3 is 9.51 Å². The molecule has 2 heterocycles. The topological polar surface area (TPSA) is 54.6 Å². The quantitative estimate of drug-likeness (QED) is 0.778.